The summed E-state index contributed by atoms with van der Waals surface area (Å²) in [7, 11) is 2.61. The van der Waals surface area contributed by atoms with E-state index in [9.17, 15) is 14.4 Å². The topological polar surface area (TPSA) is 96.5 Å². The Labute approximate surface area is 187 Å². The molecule has 166 valence electrons. The summed E-state index contributed by atoms with van der Waals surface area (Å²) < 4.78 is 4.61. The second-order valence-electron chi connectivity index (χ2n) is 7.58. The Bertz CT molecular complexity index is 1000. The minimum Gasteiger partial charge on any atom is -0.468 e. The molecule has 1 saturated carbocycles. The first-order valence-corrected chi connectivity index (χ1v) is 10.5. The van der Waals surface area contributed by atoms with Crippen LogP contribution in [0.25, 0.3) is 0 Å². The Hall–Kier alpha value is -3.63. The number of hydrogen-bond acceptors (Lipinski definition) is 5. The van der Waals surface area contributed by atoms with Gasteiger partial charge in [0.2, 0.25) is 5.91 Å². The number of carbonyl (C=O) groups excluding carboxylic acids is 3. The van der Waals surface area contributed by atoms with Crippen LogP contribution in [0.1, 0.15) is 39.9 Å². The number of amides is 2. The van der Waals surface area contributed by atoms with Gasteiger partial charge in [-0.2, -0.15) is 0 Å². The third-order valence-electron chi connectivity index (χ3n) is 5.14. The summed E-state index contributed by atoms with van der Waals surface area (Å²) in [6.07, 6.45) is 2.54. The number of methoxy groups -OCH3 is 1. The highest BCUT2D eigenvalue weighted by Gasteiger charge is 2.27. The Morgan fingerprint density at radius 2 is 1.59 bits per heavy atom. The highest BCUT2D eigenvalue weighted by molar-refractivity contribution is 5.99. The van der Waals surface area contributed by atoms with Gasteiger partial charge >= 0.3 is 5.97 Å². The van der Waals surface area contributed by atoms with Gasteiger partial charge in [-0.3, -0.25) is 14.4 Å². The second-order valence-corrected chi connectivity index (χ2v) is 7.58. The van der Waals surface area contributed by atoms with E-state index in [0.29, 0.717) is 11.6 Å². The van der Waals surface area contributed by atoms with Gasteiger partial charge in [-0.25, -0.2) is 0 Å². The Morgan fingerprint density at radius 1 is 1.00 bits per heavy atom. The van der Waals surface area contributed by atoms with Gasteiger partial charge < -0.3 is 20.7 Å². The van der Waals surface area contributed by atoms with E-state index in [2.05, 4.69) is 44.7 Å². The standard InChI is InChI=1S/C25H27N3O4/c1-26-24(30)22(25(31)32-2)16-28-23(29)20-11-9-18(10-12-20)4-3-17-5-7-19(8-6-17)15-27-21-13-14-21/h5-12,21-22,27H,13-16H2,1-2H3,(H,26,30)(H,28,29). The highest BCUT2D eigenvalue weighted by Crippen LogP contribution is 2.19. The third kappa shape index (κ3) is 6.69. The van der Waals surface area contributed by atoms with E-state index in [-0.39, 0.29) is 6.54 Å². The molecule has 2 amide bonds. The lowest BCUT2D eigenvalue weighted by Crippen LogP contribution is -2.42. The van der Waals surface area contributed by atoms with Crippen molar-refractivity contribution in [3.8, 4) is 11.8 Å². The lowest BCUT2D eigenvalue weighted by Gasteiger charge is -2.14. The van der Waals surface area contributed by atoms with Crippen LogP contribution in [-0.4, -0.2) is 44.5 Å². The Morgan fingerprint density at radius 3 is 2.12 bits per heavy atom. The third-order valence-corrected chi connectivity index (χ3v) is 5.14. The summed E-state index contributed by atoms with van der Waals surface area (Å²) in [6.45, 7) is 0.726. The molecule has 3 N–H and O–H groups in total. The van der Waals surface area contributed by atoms with Crippen molar-refractivity contribution in [2.24, 2.45) is 5.92 Å². The molecule has 0 heterocycles. The number of rotatable bonds is 8. The molecule has 7 heteroatoms. The van der Waals surface area contributed by atoms with Gasteiger partial charge in [0.05, 0.1) is 7.11 Å². The van der Waals surface area contributed by atoms with Crippen molar-refractivity contribution in [2.75, 3.05) is 20.7 Å². The van der Waals surface area contributed by atoms with Gasteiger partial charge in [-0.1, -0.05) is 24.0 Å². The molecular weight excluding hydrogens is 406 g/mol. The number of esters is 1. The molecule has 0 aliphatic heterocycles. The molecule has 1 aliphatic carbocycles. The molecule has 1 fully saturated rings. The zero-order valence-corrected chi connectivity index (χ0v) is 18.2. The molecule has 1 atom stereocenters. The fourth-order valence-corrected chi connectivity index (χ4v) is 3.00. The normalized spacial score (nSPS) is 13.3. The van der Waals surface area contributed by atoms with Crippen molar-refractivity contribution in [1.82, 2.24) is 16.0 Å². The molecule has 2 aromatic rings. The molecule has 0 spiro atoms. The average molecular weight is 434 g/mol. The van der Waals surface area contributed by atoms with Crippen LogP contribution in [0.5, 0.6) is 0 Å². The first kappa shape index (κ1) is 23.0. The van der Waals surface area contributed by atoms with Crippen molar-refractivity contribution >= 4 is 17.8 Å². The van der Waals surface area contributed by atoms with Crippen LogP contribution in [0.15, 0.2) is 48.5 Å². The summed E-state index contributed by atoms with van der Waals surface area (Å²) in [5.74, 6) is 3.50. The minimum absolute atomic E-state index is 0.154. The lowest BCUT2D eigenvalue weighted by atomic mass is 10.1. The van der Waals surface area contributed by atoms with Gasteiger partial charge in [0.1, 0.15) is 0 Å². The average Bonchev–Trinajstić information content (AvgIpc) is 3.66. The van der Waals surface area contributed by atoms with Crippen LogP contribution in [0.4, 0.5) is 0 Å². The maximum atomic E-state index is 12.4. The molecule has 1 unspecified atom stereocenters. The van der Waals surface area contributed by atoms with Gasteiger partial charge in [0.25, 0.3) is 5.91 Å². The van der Waals surface area contributed by atoms with E-state index in [0.717, 1.165) is 17.7 Å². The van der Waals surface area contributed by atoms with Gasteiger partial charge in [-0.15, -0.1) is 0 Å². The fraction of sp³-hybridized carbons (Fsp3) is 0.320. The lowest BCUT2D eigenvalue weighted by molar-refractivity contribution is -0.149. The molecule has 0 aromatic heterocycles. The van der Waals surface area contributed by atoms with E-state index >= 15 is 0 Å². The summed E-state index contributed by atoms with van der Waals surface area (Å²) in [4.78, 5) is 35.9. The summed E-state index contributed by atoms with van der Waals surface area (Å²) >= 11 is 0. The molecule has 1 aliphatic rings. The van der Waals surface area contributed by atoms with Crippen LogP contribution in [0, 0.1) is 17.8 Å². The van der Waals surface area contributed by atoms with Crippen LogP contribution in [0.3, 0.4) is 0 Å². The molecule has 2 aromatic carbocycles. The van der Waals surface area contributed by atoms with E-state index in [1.165, 1.54) is 32.6 Å². The first-order chi connectivity index (χ1) is 15.5. The van der Waals surface area contributed by atoms with E-state index in [1.807, 2.05) is 12.1 Å². The predicted molar refractivity (Wildman–Crippen MR) is 121 cm³/mol. The van der Waals surface area contributed by atoms with Crippen molar-refractivity contribution < 1.29 is 19.1 Å². The van der Waals surface area contributed by atoms with Crippen molar-refractivity contribution in [1.29, 1.82) is 0 Å². The Balaban J connectivity index is 1.54. The molecule has 0 radical (unpaired) electrons. The van der Waals surface area contributed by atoms with Crippen LogP contribution < -0.4 is 16.0 Å². The number of benzene rings is 2. The summed E-state index contributed by atoms with van der Waals surface area (Å²) in [5.41, 5.74) is 3.34. The van der Waals surface area contributed by atoms with Crippen LogP contribution in [-0.2, 0) is 20.9 Å². The molecule has 0 bridgehead atoms. The van der Waals surface area contributed by atoms with E-state index in [1.54, 1.807) is 24.3 Å². The number of ether oxygens (including phenoxy) is 1. The molecule has 0 saturated heterocycles. The highest BCUT2D eigenvalue weighted by atomic mass is 16.5. The summed E-state index contributed by atoms with van der Waals surface area (Å²) in [5, 5.41) is 8.46. The molecule has 32 heavy (non-hydrogen) atoms. The van der Waals surface area contributed by atoms with Gasteiger partial charge in [0.15, 0.2) is 5.92 Å². The molecule has 3 rings (SSSR count). The van der Waals surface area contributed by atoms with E-state index < -0.39 is 23.7 Å². The number of hydrogen-bond donors (Lipinski definition) is 3. The quantitative estimate of drug-likeness (QED) is 0.334. The fourth-order valence-electron chi connectivity index (χ4n) is 3.00. The second kappa shape index (κ2) is 11.1. The zero-order chi connectivity index (χ0) is 22.9. The van der Waals surface area contributed by atoms with Crippen molar-refractivity contribution in [3.63, 3.8) is 0 Å². The maximum Gasteiger partial charge on any atom is 0.320 e. The number of nitrogens with one attached hydrogen (secondary N) is 3. The largest absolute Gasteiger partial charge is 0.468 e. The van der Waals surface area contributed by atoms with Gasteiger partial charge in [-0.05, 0) is 54.8 Å². The zero-order valence-electron chi connectivity index (χ0n) is 18.2. The molecule has 7 nitrogen and oxygen atoms in total. The van der Waals surface area contributed by atoms with E-state index in [4.69, 9.17) is 0 Å². The smallest absolute Gasteiger partial charge is 0.320 e. The van der Waals surface area contributed by atoms with Gasteiger partial charge in [0, 0.05) is 42.9 Å². The predicted octanol–water partition coefficient (Wildman–Crippen LogP) is 1.60. The SMILES string of the molecule is CNC(=O)C(CNC(=O)c1ccc(C#Cc2ccc(CNC3CC3)cc2)cc1)C(=O)OC. The van der Waals surface area contributed by atoms with Crippen molar-refractivity contribution in [2.45, 2.75) is 25.4 Å². The summed E-state index contributed by atoms with van der Waals surface area (Å²) in [6, 6.07) is 15.7. The minimum atomic E-state index is -1.10. The first-order valence-electron chi connectivity index (χ1n) is 10.5. The van der Waals surface area contributed by atoms with Crippen LogP contribution in [0.2, 0.25) is 0 Å². The maximum absolute atomic E-state index is 12.4. The molecular formula is C25H27N3O4. The monoisotopic (exact) mass is 433 g/mol. The Kier molecular flexibility index (Phi) is 8.01. The number of carbonyl (C=O) groups is 3. The van der Waals surface area contributed by atoms with Crippen molar-refractivity contribution in [3.05, 3.63) is 70.8 Å². The van der Waals surface area contributed by atoms with Crippen LogP contribution >= 0.6 is 0 Å².